The van der Waals surface area contributed by atoms with Crippen molar-refractivity contribution in [1.29, 1.82) is 0 Å². The van der Waals surface area contributed by atoms with E-state index in [4.69, 9.17) is 0 Å². The average molecular weight is 353 g/mol. The molecule has 0 saturated heterocycles. The molecule has 0 aromatic rings. The molecule has 0 unspecified atom stereocenters. The lowest BCUT2D eigenvalue weighted by molar-refractivity contribution is 0.662. The van der Waals surface area contributed by atoms with Crippen LogP contribution < -0.4 is 0 Å². The van der Waals surface area contributed by atoms with Gasteiger partial charge in [-0.2, -0.15) is 0 Å². The SMILES string of the molecule is C/C=C\C(F)=C/C/C=C/CSN(I)/C=C/C. The second-order valence-electron chi connectivity index (χ2n) is 2.85. The molecule has 0 fully saturated rings. The van der Waals surface area contributed by atoms with Gasteiger partial charge in [-0.25, -0.2) is 4.39 Å². The van der Waals surface area contributed by atoms with E-state index in [1.807, 2.05) is 33.9 Å². The molecule has 90 valence electrons. The van der Waals surface area contributed by atoms with E-state index < -0.39 is 0 Å². The zero-order valence-electron chi connectivity index (χ0n) is 9.57. The van der Waals surface area contributed by atoms with Crippen LogP contribution in [0.5, 0.6) is 0 Å². The van der Waals surface area contributed by atoms with Crippen molar-refractivity contribution in [2.75, 3.05) is 5.75 Å². The molecular formula is C12H17FINS. The molecule has 0 saturated carbocycles. The molecule has 0 amide bonds. The Hall–Kier alpha value is -0.230. The maximum absolute atomic E-state index is 12.9. The Morgan fingerprint density at radius 2 is 2.06 bits per heavy atom. The van der Waals surface area contributed by atoms with Gasteiger partial charge in [-0.05, 0) is 44.4 Å². The quantitative estimate of drug-likeness (QED) is 0.204. The molecule has 0 bridgehead atoms. The minimum absolute atomic E-state index is 0.177. The molecule has 0 spiro atoms. The third-order valence-corrected chi connectivity index (χ3v) is 3.37. The first-order valence-corrected chi connectivity index (χ1v) is 6.95. The highest BCUT2D eigenvalue weighted by molar-refractivity contribution is 14.1. The van der Waals surface area contributed by atoms with Gasteiger partial charge in [0, 0.05) is 12.0 Å². The van der Waals surface area contributed by atoms with Crippen LogP contribution >= 0.6 is 34.8 Å². The molecule has 16 heavy (non-hydrogen) atoms. The van der Waals surface area contributed by atoms with Crippen molar-refractivity contribution in [3.63, 3.8) is 0 Å². The normalized spacial score (nSPS) is 13.4. The lowest BCUT2D eigenvalue weighted by Crippen LogP contribution is -1.88. The Bertz CT molecular complexity index is 285. The number of hydrogen-bond donors (Lipinski definition) is 0. The molecule has 1 nitrogen and oxygen atoms in total. The van der Waals surface area contributed by atoms with Crippen LogP contribution in [0.2, 0.25) is 0 Å². The van der Waals surface area contributed by atoms with E-state index >= 15 is 0 Å². The molecule has 0 aliphatic carbocycles. The minimum atomic E-state index is -0.177. The second kappa shape index (κ2) is 11.3. The molecule has 0 aromatic carbocycles. The Balaban J connectivity index is 3.67. The molecule has 0 aromatic heterocycles. The standard InChI is InChI=1S/C12H17FINS/c1-3-8-12(13)9-6-5-7-11-16-15(14)10-4-2/h3-5,7-10H,6,11H2,1-2H3/b7-5+,8-3-,10-4+,12-9+. The number of hydrogen-bond acceptors (Lipinski definition) is 2. The Labute approximate surface area is 116 Å². The average Bonchev–Trinajstić information content (AvgIpc) is 2.24. The zero-order chi connectivity index (χ0) is 12.2. The molecular weight excluding hydrogens is 336 g/mol. The van der Waals surface area contributed by atoms with Crippen molar-refractivity contribution in [2.24, 2.45) is 0 Å². The summed E-state index contributed by atoms with van der Waals surface area (Å²) < 4.78 is 14.9. The van der Waals surface area contributed by atoms with E-state index in [2.05, 4.69) is 22.9 Å². The Morgan fingerprint density at radius 3 is 2.69 bits per heavy atom. The third-order valence-electron chi connectivity index (χ3n) is 1.50. The van der Waals surface area contributed by atoms with E-state index in [1.54, 1.807) is 31.0 Å². The zero-order valence-corrected chi connectivity index (χ0v) is 12.5. The molecule has 0 heterocycles. The van der Waals surface area contributed by atoms with Crippen LogP contribution in [0.4, 0.5) is 4.39 Å². The summed E-state index contributed by atoms with van der Waals surface area (Å²) >= 11 is 3.91. The summed E-state index contributed by atoms with van der Waals surface area (Å²) in [7, 11) is 0. The summed E-state index contributed by atoms with van der Waals surface area (Å²) in [5.74, 6) is 0.719. The number of nitrogens with zero attached hydrogens (tertiary/aromatic N) is 1. The van der Waals surface area contributed by atoms with Crippen molar-refractivity contribution in [3.8, 4) is 0 Å². The predicted octanol–water partition coefficient (Wildman–Crippen LogP) is 5.20. The fourth-order valence-electron chi connectivity index (χ4n) is 0.847. The van der Waals surface area contributed by atoms with Gasteiger partial charge in [0.25, 0.3) is 0 Å². The van der Waals surface area contributed by atoms with Gasteiger partial charge in [-0.15, -0.1) is 0 Å². The summed E-state index contributed by atoms with van der Waals surface area (Å²) in [5.41, 5.74) is 0. The molecule has 0 rings (SSSR count). The van der Waals surface area contributed by atoms with Gasteiger partial charge in [0.05, 0.1) is 22.9 Å². The van der Waals surface area contributed by atoms with Crippen LogP contribution in [0, 0.1) is 0 Å². The highest BCUT2D eigenvalue weighted by Gasteiger charge is 1.89. The van der Waals surface area contributed by atoms with Crippen LogP contribution in [0.3, 0.4) is 0 Å². The van der Waals surface area contributed by atoms with Crippen LogP contribution in [0.1, 0.15) is 20.3 Å². The van der Waals surface area contributed by atoms with E-state index in [0.717, 1.165) is 5.75 Å². The van der Waals surface area contributed by atoms with Crippen LogP contribution in [-0.4, -0.2) is 8.27 Å². The smallest absolute Gasteiger partial charge is 0.119 e. The second-order valence-corrected chi connectivity index (χ2v) is 5.53. The van der Waals surface area contributed by atoms with Crippen LogP contribution in [-0.2, 0) is 0 Å². The van der Waals surface area contributed by atoms with Gasteiger partial charge in [-0.1, -0.05) is 24.3 Å². The predicted molar refractivity (Wildman–Crippen MR) is 80.9 cm³/mol. The first-order valence-electron chi connectivity index (χ1n) is 5.04. The molecule has 0 N–H and O–H groups in total. The van der Waals surface area contributed by atoms with E-state index in [9.17, 15) is 4.39 Å². The molecule has 0 atom stereocenters. The maximum atomic E-state index is 12.9. The fraction of sp³-hybridized carbons (Fsp3) is 0.333. The van der Waals surface area contributed by atoms with Crippen LogP contribution in [0.15, 0.2) is 48.5 Å². The first kappa shape index (κ1) is 15.8. The Kier molecular flexibility index (Phi) is 11.1. The first-order chi connectivity index (χ1) is 7.70. The molecule has 0 aliphatic heterocycles. The van der Waals surface area contributed by atoms with Crippen molar-refractivity contribution < 1.29 is 4.39 Å². The topological polar surface area (TPSA) is 3.24 Å². The summed E-state index contributed by atoms with van der Waals surface area (Å²) in [6, 6.07) is 0. The van der Waals surface area contributed by atoms with Gasteiger partial charge in [-0.3, -0.25) is 2.52 Å². The third kappa shape index (κ3) is 10.3. The van der Waals surface area contributed by atoms with Crippen molar-refractivity contribution in [3.05, 3.63) is 48.5 Å². The number of halogens is 2. The van der Waals surface area contributed by atoms with Gasteiger partial charge in [0.2, 0.25) is 0 Å². The highest BCUT2D eigenvalue weighted by Crippen LogP contribution is 2.16. The van der Waals surface area contributed by atoms with E-state index in [1.165, 1.54) is 6.08 Å². The monoisotopic (exact) mass is 353 g/mol. The summed E-state index contributed by atoms with van der Waals surface area (Å²) in [4.78, 5) is 0. The molecule has 0 aliphatic rings. The summed E-state index contributed by atoms with van der Waals surface area (Å²) in [6.07, 6.45) is 13.3. The van der Waals surface area contributed by atoms with Gasteiger partial charge in [0.1, 0.15) is 5.83 Å². The highest BCUT2D eigenvalue weighted by atomic mass is 127. The Morgan fingerprint density at radius 1 is 1.31 bits per heavy atom. The molecule has 0 radical (unpaired) electrons. The maximum Gasteiger partial charge on any atom is 0.119 e. The summed E-state index contributed by atoms with van der Waals surface area (Å²) in [6.45, 7) is 3.78. The van der Waals surface area contributed by atoms with Crippen molar-refractivity contribution in [2.45, 2.75) is 20.3 Å². The summed E-state index contributed by atoms with van der Waals surface area (Å²) in [5, 5.41) is 0. The van der Waals surface area contributed by atoms with Crippen molar-refractivity contribution >= 4 is 34.8 Å². The lowest BCUT2D eigenvalue weighted by atomic mass is 10.3. The van der Waals surface area contributed by atoms with Crippen molar-refractivity contribution in [1.82, 2.24) is 2.52 Å². The lowest BCUT2D eigenvalue weighted by Gasteiger charge is -2.06. The van der Waals surface area contributed by atoms with Gasteiger partial charge < -0.3 is 0 Å². The number of allylic oxidation sites excluding steroid dienone is 6. The number of rotatable bonds is 7. The molecule has 4 heteroatoms. The minimum Gasteiger partial charge on any atom is -0.264 e. The van der Waals surface area contributed by atoms with E-state index in [-0.39, 0.29) is 5.83 Å². The largest absolute Gasteiger partial charge is 0.264 e. The van der Waals surface area contributed by atoms with Gasteiger partial charge in [0.15, 0.2) is 0 Å². The van der Waals surface area contributed by atoms with Crippen LogP contribution in [0.25, 0.3) is 0 Å². The van der Waals surface area contributed by atoms with Gasteiger partial charge >= 0.3 is 0 Å². The van der Waals surface area contributed by atoms with E-state index in [0.29, 0.717) is 6.42 Å². The fourth-order valence-corrected chi connectivity index (χ4v) is 2.22.